The summed E-state index contributed by atoms with van der Waals surface area (Å²) in [4.78, 5) is 23.5. The SMILES string of the molecule is CC/C=C\C/C=C\C/C=C\C/C=C\CCCCCCCCCCCCCCCCCCCCCCCCCCCCCCC(=O)NC(COP(=O)(O)OCC[N+](C)(C)C)C(O)CCCCCCCCCCCCCCCCCCCCCCCCCCC. The van der Waals surface area contributed by atoms with E-state index in [0.717, 1.165) is 64.2 Å². The van der Waals surface area contributed by atoms with E-state index < -0.39 is 20.0 Å². The number of nitrogens with one attached hydrogen (secondary N) is 1. The summed E-state index contributed by atoms with van der Waals surface area (Å²) in [5, 5.41) is 14.2. The van der Waals surface area contributed by atoms with Crippen LogP contribution in [0.4, 0.5) is 0 Å². The Morgan fingerprint density at radius 2 is 0.682 bits per heavy atom. The molecule has 0 spiro atoms. The molecule has 3 N–H and O–H groups in total. The number of likely N-dealkylation sites (N-methyl/N-ethyl adjacent to an activating group) is 1. The van der Waals surface area contributed by atoms with E-state index in [1.54, 1.807) is 0 Å². The second kappa shape index (κ2) is 69.8. The number of phosphoric acid groups is 1. The van der Waals surface area contributed by atoms with Gasteiger partial charge in [0, 0.05) is 6.42 Å². The molecule has 0 aromatic heterocycles. The molecule has 0 bridgehead atoms. The minimum absolute atomic E-state index is 0.0775. The van der Waals surface area contributed by atoms with Gasteiger partial charge in [-0.2, -0.15) is 0 Å². The van der Waals surface area contributed by atoms with Crippen molar-refractivity contribution in [2.24, 2.45) is 0 Å². The summed E-state index contributed by atoms with van der Waals surface area (Å²) in [6.07, 6.45) is 95.4. The van der Waals surface area contributed by atoms with Gasteiger partial charge in [0.25, 0.3) is 0 Å². The summed E-state index contributed by atoms with van der Waals surface area (Å²) in [7, 11) is 1.64. The third kappa shape index (κ3) is 71.9. The Bertz CT molecular complexity index is 1580. The standard InChI is InChI=1S/C79H153N2O6P/c1-6-8-10-12-14-16-18-20-22-24-26-28-30-32-33-34-35-36-37-38-39-40-41-42-43-44-45-46-47-49-51-53-55-57-59-61-63-65-67-69-71-73-79(83)80-77(76-87-88(84,85)86-75-74-81(3,4)5)78(82)72-70-68-66-64-62-60-58-56-54-52-50-48-31-29-27-25-23-21-19-17-15-13-11-9-7-2/h8,10,14,16,20,22,26,28,77-78,82H,6-7,9,11-13,15,17-19,21,23-25,27,29-76H2,1-5H3,(H-,80,83,84,85)/p+1/b10-8-,16-14-,22-20-,28-26-. The van der Waals surface area contributed by atoms with Gasteiger partial charge in [0.05, 0.1) is 39.9 Å². The van der Waals surface area contributed by atoms with E-state index in [1.165, 1.54) is 308 Å². The second-order valence-electron chi connectivity index (χ2n) is 28.1. The molecule has 3 atom stereocenters. The highest BCUT2D eigenvalue weighted by Crippen LogP contribution is 2.43. The zero-order valence-corrected chi connectivity index (χ0v) is 60.6. The van der Waals surface area contributed by atoms with Gasteiger partial charge in [-0.1, -0.05) is 390 Å². The molecule has 0 saturated heterocycles. The van der Waals surface area contributed by atoms with Crippen molar-refractivity contribution >= 4 is 13.7 Å². The first-order chi connectivity index (χ1) is 43.0. The normalized spacial score (nSPS) is 13.8. The summed E-state index contributed by atoms with van der Waals surface area (Å²) in [5.74, 6) is -0.135. The van der Waals surface area contributed by atoms with Gasteiger partial charge < -0.3 is 19.8 Å². The third-order valence-electron chi connectivity index (χ3n) is 18.1. The Balaban J connectivity index is 3.88. The maximum absolute atomic E-state index is 13.1. The van der Waals surface area contributed by atoms with Crippen LogP contribution in [-0.4, -0.2) is 73.4 Å². The lowest BCUT2D eigenvalue weighted by atomic mass is 10.0. The summed E-state index contributed by atoms with van der Waals surface area (Å²) < 4.78 is 23.9. The monoisotopic (exact) mass is 1260 g/mol. The van der Waals surface area contributed by atoms with Crippen molar-refractivity contribution in [2.75, 3.05) is 40.9 Å². The molecule has 1 amide bonds. The largest absolute Gasteiger partial charge is 0.472 e. The number of aliphatic hydroxyl groups excluding tert-OH is 1. The summed E-state index contributed by atoms with van der Waals surface area (Å²) in [5.41, 5.74) is 0. The molecule has 3 unspecified atom stereocenters. The van der Waals surface area contributed by atoms with Gasteiger partial charge in [-0.05, 0) is 51.4 Å². The Hall–Kier alpha value is -1.54. The number of rotatable bonds is 73. The summed E-state index contributed by atoms with van der Waals surface area (Å²) >= 11 is 0. The molecular formula is C79H154N2O6P+. The Labute approximate surface area is 549 Å². The molecule has 0 aromatic carbocycles. The number of phosphoric ester groups is 1. The number of aliphatic hydroxyl groups is 1. The molecule has 9 heteroatoms. The molecule has 0 aliphatic heterocycles. The molecule has 0 aliphatic rings. The molecule has 0 rings (SSSR count). The highest BCUT2D eigenvalue weighted by atomic mass is 31.2. The lowest BCUT2D eigenvalue weighted by Crippen LogP contribution is -2.46. The fourth-order valence-corrected chi connectivity index (χ4v) is 12.8. The first-order valence-electron chi connectivity index (χ1n) is 39.0. The maximum Gasteiger partial charge on any atom is 0.472 e. The first kappa shape index (κ1) is 86.5. The van der Waals surface area contributed by atoms with E-state index >= 15 is 0 Å². The molecule has 0 radical (unpaired) electrons. The first-order valence-corrected chi connectivity index (χ1v) is 40.5. The second-order valence-corrected chi connectivity index (χ2v) is 29.5. The quantitative estimate of drug-likeness (QED) is 0.0243. The number of hydrogen-bond donors (Lipinski definition) is 3. The number of nitrogens with zero attached hydrogens (tertiary/aromatic N) is 1. The van der Waals surface area contributed by atoms with Crippen LogP contribution in [0, 0.1) is 0 Å². The van der Waals surface area contributed by atoms with E-state index in [-0.39, 0.29) is 19.1 Å². The van der Waals surface area contributed by atoms with Crippen LogP contribution in [0.3, 0.4) is 0 Å². The van der Waals surface area contributed by atoms with E-state index in [9.17, 15) is 19.4 Å². The van der Waals surface area contributed by atoms with Crippen LogP contribution in [-0.2, 0) is 18.4 Å². The van der Waals surface area contributed by atoms with E-state index in [2.05, 4.69) is 67.8 Å². The predicted octanol–water partition coefficient (Wildman–Crippen LogP) is 25.3. The van der Waals surface area contributed by atoms with Crippen molar-refractivity contribution in [1.82, 2.24) is 5.32 Å². The Morgan fingerprint density at radius 3 is 1.00 bits per heavy atom. The number of hydrogen-bond acceptors (Lipinski definition) is 5. The fourth-order valence-electron chi connectivity index (χ4n) is 12.1. The molecule has 0 heterocycles. The third-order valence-corrected chi connectivity index (χ3v) is 19.1. The van der Waals surface area contributed by atoms with Crippen LogP contribution < -0.4 is 5.32 Å². The Kier molecular flexibility index (Phi) is 68.6. The summed E-state index contributed by atoms with van der Waals surface area (Å²) in [6.45, 7) is 4.84. The molecule has 0 aromatic rings. The van der Waals surface area contributed by atoms with Crippen molar-refractivity contribution in [3.63, 3.8) is 0 Å². The lowest BCUT2D eigenvalue weighted by molar-refractivity contribution is -0.870. The van der Waals surface area contributed by atoms with Gasteiger partial charge in [-0.25, -0.2) is 4.57 Å². The molecule has 520 valence electrons. The minimum Gasteiger partial charge on any atom is -0.391 e. The van der Waals surface area contributed by atoms with Crippen molar-refractivity contribution in [1.29, 1.82) is 0 Å². The van der Waals surface area contributed by atoms with Crippen molar-refractivity contribution in [2.45, 2.75) is 411 Å². The molecule has 0 saturated carbocycles. The van der Waals surface area contributed by atoms with Crippen LogP contribution in [0.25, 0.3) is 0 Å². The van der Waals surface area contributed by atoms with E-state index in [1.807, 2.05) is 21.1 Å². The average molecular weight is 1260 g/mol. The zero-order chi connectivity index (χ0) is 64.1. The Morgan fingerprint density at radius 1 is 0.398 bits per heavy atom. The van der Waals surface area contributed by atoms with Gasteiger partial charge in [-0.3, -0.25) is 13.8 Å². The van der Waals surface area contributed by atoms with Crippen LogP contribution in [0.5, 0.6) is 0 Å². The van der Waals surface area contributed by atoms with Crippen LogP contribution in [0.15, 0.2) is 48.6 Å². The predicted molar refractivity (Wildman–Crippen MR) is 387 cm³/mol. The van der Waals surface area contributed by atoms with Crippen LogP contribution in [0.1, 0.15) is 399 Å². The smallest absolute Gasteiger partial charge is 0.391 e. The van der Waals surface area contributed by atoms with Gasteiger partial charge in [-0.15, -0.1) is 0 Å². The number of carbonyl (C=O) groups is 1. The number of quaternary nitrogens is 1. The highest BCUT2D eigenvalue weighted by Gasteiger charge is 2.28. The van der Waals surface area contributed by atoms with Gasteiger partial charge in [0.15, 0.2) is 0 Å². The molecule has 0 aliphatic carbocycles. The summed E-state index contributed by atoms with van der Waals surface area (Å²) in [6, 6.07) is -0.760. The molecule has 88 heavy (non-hydrogen) atoms. The van der Waals surface area contributed by atoms with Gasteiger partial charge >= 0.3 is 7.82 Å². The number of carbonyl (C=O) groups excluding carboxylic acids is 1. The van der Waals surface area contributed by atoms with Gasteiger partial charge in [0.2, 0.25) is 5.91 Å². The molecule has 8 nitrogen and oxygen atoms in total. The lowest BCUT2D eigenvalue weighted by Gasteiger charge is -2.26. The number of amides is 1. The van der Waals surface area contributed by atoms with Gasteiger partial charge in [0.1, 0.15) is 13.2 Å². The topological polar surface area (TPSA) is 105 Å². The van der Waals surface area contributed by atoms with Crippen molar-refractivity contribution in [3.8, 4) is 0 Å². The maximum atomic E-state index is 13.1. The van der Waals surface area contributed by atoms with E-state index in [0.29, 0.717) is 23.9 Å². The van der Waals surface area contributed by atoms with E-state index in [4.69, 9.17) is 9.05 Å². The van der Waals surface area contributed by atoms with Crippen molar-refractivity contribution in [3.05, 3.63) is 48.6 Å². The minimum atomic E-state index is -4.33. The zero-order valence-electron chi connectivity index (χ0n) is 59.7. The average Bonchev–Trinajstić information content (AvgIpc) is 3.71. The van der Waals surface area contributed by atoms with Crippen molar-refractivity contribution < 1.29 is 32.9 Å². The molecular weight excluding hydrogens is 1100 g/mol. The van der Waals surface area contributed by atoms with Crippen LogP contribution in [0.2, 0.25) is 0 Å². The fraction of sp³-hybridized carbons (Fsp3) is 0.886. The number of allylic oxidation sites excluding steroid dienone is 8. The molecule has 0 fully saturated rings. The number of unbranched alkanes of at least 4 members (excludes halogenated alkanes) is 52. The highest BCUT2D eigenvalue weighted by molar-refractivity contribution is 7.47. The van der Waals surface area contributed by atoms with Crippen LogP contribution >= 0.6 is 7.82 Å².